The molecule has 2 atom stereocenters. The van der Waals surface area contributed by atoms with Crippen LogP contribution in [-0.4, -0.2) is 29.4 Å². The van der Waals surface area contributed by atoms with Crippen molar-refractivity contribution in [2.45, 2.75) is 19.1 Å². The van der Waals surface area contributed by atoms with E-state index in [1.165, 1.54) is 12.1 Å². The number of carbonyl (C=O) groups is 1. The third-order valence-electron chi connectivity index (χ3n) is 3.76. The van der Waals surface area contributed by atoms with Crippen molar-refractivity contribution >= 4 is 17.6 Å². The number of hydrogen-bond donors (Lipinski definition) is 0. The number of carbonyl (C=O) groups excluding carboxylic acids is 1. The summed E-state index contributed by atoms with van der Waals surface area (Å²) in [4.78, 5) is 27.0. The van der Waals surface area contributed by atoms with Gasteiger partial charge in [0.1, 0.15) is 0 Å². The quantitative estimate of drug-likeness (QED) is 0.474. The van der Waals surface area contributed by atoms with Crippen molar-refractivity contribution in [2.75, 3.05) is 6.61 Å². The second kappa shape index (κ2) is 7.12. The third-order valence-corrected chi connectivity index (χ3v) is 3.76. The lowest BCUT2D eigenvalue weighted by molar-refractivity contribution is -0.384. The number of esters is 1. The topological polar surface area (TPSA) is 91.0 Å². The molecule has 0 N–H and O–H groups in total. The van der Waals surface area contributed by atoms with Gasteiger partial charge in [-0.2, -0.15) is 0 Å². The third kappa shape index (κ3) is 3.50. The fourth-order valence-electron chi connectivity index (χ4n) is 2.57. The van der Waals surface area contributed by atoms with Crippen molar-refractivity contribution in [3.63, 3.8) is 0 Å². The Morgan fingerprint density at radius 2 is 1.88 bits per heavy atom. The molecular weight excluding hydrogens is 324 g/mol. The molecule has 0 radical (unpaired) electrons. The number of aliphatic imine (C=N–C) groups is 1. The van der Waals surface area contributed by atoms with Crippen molar-refractivity contribution in [3.05, 3.63) is 75.8 Å². The van der Waals surface area contributed by atoms with Gasteiger partial charge in [0.15, 0.2) is 12.1 Å². The minimum absolute atomic E-state index is 0.0290. The molecule has 0 unspecified atom stereocenters. The fraction of sp³-hybridized carbons (Fsp3) is 0.222. The van der Waals surface area contributed by atoms with Crippen LogP contribution in [0.2, 0.25) is 0 Å². The van der Waals surface area contributed by atoms with E-state index in [1.807, 2.05) is 30.3 Å². The molecule has 0 aromatic heterocycles. The van der Waals surface area contributed by atoms with Crippen molar-refractivity contribution in [1.29, 1.82) is 0 Å². The molecule has 0 aliphatic carbocycles. The van der Waals surface area contributed by atoms with Gasteiger partial charge in [0.05, 0.1) is 11.5 Å². The first-order valence-electron chi connectivity index (χ1n) is 7.81. The first-order chi connectivity index (χ1) is 12.1. The van der Waals surface area contributed by atoms with Crippen LogP contribution < -0.4 is 0 Å². The number of nitrogens with zero attached hydrogens (tertiary/aromatic N) is 2. The maximum Gasteiger partial charge on any atom is 0.335 e. The number of rotatable bonds is 5. The Bertz CT molecular complexity index is 802. The molecule has 0 spiro atoms. The molecule has 2 aromatic rings. The lowest BCUT2D eigenvalue weighted by Gasteiger charge is -2.16. The zero-order valence-corrected chi connectivity index (χ0v) is 13.5. The summed E-state index contributed by atoms with van der Waals surface area (Å²) in [6, 6.07) is 14.3. The molecule has 0 saturated heterocycles. The normalized spacial score (nSPS) is 19.0. The van der Waals surface area contributed by atoms with Crippen LogP contribution in [0.4, 0.5) is 5.69 Å². The highest BCUT2D eigenvalue weighted by atomic mass is 16.6. The number of nitro groups is 1. The molecule has 25 heavy (non-hydrogen) atoms. The van der Waals surface area contributed by atoms with Gasteiger partial charge in [-0.25, -0.2) is 9.79 Å². The predicted molar refractivity (Wildman–Crippen MR) is 90.3 cm³/mol. The molecule has 1 aliphatic rings. The second-order valence-corrected chi connectivity index (χ2v) is 5.38. The minimum Gasteiger partial charge on any atom is -0.466 e. The average molecular weight is 340 g/mol. The maximum absolute atomic E-state index is 12.3. The summed E-state index contributed by atoms with van der Waals surface area (Å²) in [5.74, 6) is -0.140. The van der Waals surface area contributed by atoms with Gasteiger partial charge in [0.25, 0.3) is 5.69 Å². The van der Waals surface area contributed by atoms with E-state index in [2.05, 4.69) is 4.99 Å². The zero-order valence-electron chi connectivity index (χ0n) is 13.5. The summed E-state index contributed by atoms with van der Waals surface area (Å²) in [5, 5.41) is 10.8. The van der Waals surface area contributed by atoms with Gasteiger partial charge >= 0.3 is 5.97 Å². The Kier molecular flexibility index (Phi) is 4.74. The molecule has 0 fully saturated rings. The highest BCUT2D eigenvalue weighted by Crippen LogP contribution is 2.32. The molecule has 2 aromatic carbocycles. The summed E-state index contributed by atoms with van der Waals surface area (Å²) in [5.41, 5.74) is 1.35. The van der Waals surface area contributed by atoms with Gasteiger partial charge in [-0.3, -0.25) is 10.1 Å². The molecule has 7 nitrogen and oxygen atoms in total. The molecule has 0 saturated carbocycles. The van der Waals surface area contributed by atoms with Gasteiger partial charge in [0.2, 0.25) is 5.90 Å². The number of ether oxygens (including phenoxy) is 2. The van der Waals surface area contributed by atoms with Gasteiger partial charge in [-0.05, 0) is 36.8 Å². The standard InChI is InChI=1S/C18H16N2O5/c1-2-24-18(21)15-16(12-8-10-14(11-9-12)20(22)23)25-17(19-15)13-6-4-3-5-7-13/h3-11,15-16H,2H2,1H3/t15-,16+/m1/s1. The van der Waals surface area contributed by atoms with E-state index in [9.17, 15) is 14.9 Å². The van der Waals surface area contributed by atoms with Crippen LogP contribution in [0.5, 0.6) is 0 Å². The number of non-ortho nitro benzene ring substituents is 1. The minimum atomic E-state index is -0.850. The summed E-state index contributed by atoms with van der Waals surface area (Å²) in [7, 11) is 0. The zero-order chi connectivity index (χ0) is 17.8. The van der Waals surface area contributed by atoms with Gasteiger partial charge in [-0.15, -0.1) is 0 Å². The monoisotopic (exact) mass is 340 g/mol. The summed E-state index contributed by atoms with van der Waals surface area (Å²) in [6.45, 7) is 1.95. The number of benzene rings is 2. The van der Waals surface area contributed by atoms with Gasteiger partial charge < -0.3 is 9.47 Å². The number of hydrogen-bond acceptors (Lipinski definition) is 6. The van der Waals surface area contributed by atoms with Crippen molar-refractivity contribution in [1.82, 2.24) is 0 Å². The summed E-state index contributed by atoms with van der Waals surface area (Å²) < 4.78 is 11.0. The Hall–Kier alpha value is -3.22. The van der Waals surface area contributed by atoms with Crippen LogP contribution >= 0.6 is 0 Å². The second-order valence-electron chi connectivity index (χ2n) is 5.38. The number of nitro benzene ring substituents is 1. The lowest BCUT2D eigenvalue weighted by atomic mass is 10.0. The Morgan fingerprint density at radius 3 is 2.48 bits per heavy atom. The SMILES string of the molecule is CCOC(=O)[C@@H]1N=C(c2ccccc2)O[C@H]1c1ccc([N+](=O)[O-])cc1. The average Bonchev–Trinajstić information content (AvgIpc) is 3.08. The molecule has 1 aliphatic heterocycles. The molecule has 7 heteroatoms. The van der Waals surface area contributed by atoms with Crippen molar-refractivity contribution in [3.8, 4) is 0 Å². The Morgan fingerprint density at radius 1 is 1.20 bits per heavy atom. The molecular formula is C18H16N2O5. The molecule has 0 bridgehead atoms. The predicted octanol–water partition coefficient (Wildman–Crippen LogP) is 3.04. The molecule has 3 rings (SSSR count). The van der Waals surface area contributed by atoms with Crippen molar-refractivity contribution in [2.24, 2.45) is 4.99 Å². The van der Waals surface area contributed by atoms with E-state index in [4.69, 9.17) is 9.47 Å². The fourth-order valence-corrected chi connectivity index (χ4v) is 2.57. The van der Waals surface area contributed by atoms with E-state index in [0.29, 0.717) is 11.5 Å². The van der Waals surface area contributed by atoms with Crippen LogP contribution in [0.25, 0.3) is 0 Å². The molecule has 0 amide bonds. The van der Waals surface area contributed by atoms with E-state index in [-0.39, 0.29) is 12.3 Å². The van der Waals surface area contributed by atoms with E-state index in [0.717, 1.165) is 5.56 Å². The van der Waals surface area contributed by atoms with Crippen LogP contribution in [0.1, 0.15) is 24.2 Å². The first kappa shape index (κ1) is 16.6. The molecule has 128 valence electrons. The maximum atomic E-state index is 12.3. The van der Waals surface area contributed by atoms with E-state index >= 15 is 0 Å². The Balaban J connectivity index is 1.91. The van der Waals surface area contributed by atoms with Crippen LogP contribution in [0.3, 0.4) is 0 Å². The highest BCUT2D eigenvalue weighted by molar-refractivity contribution is 5.98. The Labute approximate surface area is 144 Å². The van der Waals surface area contributed by atoms with E-state index < -0.39 is 23.0 Å². The molecule has 1 heterocycles. The van der Waals surface area contributed by atoms with E-state index in [1.54, 1.807) is 19.1 Å². The largest absolute Gasteiger partial charge is 0.466 e. The van der Waals surface area contributed by atoms with Crippen LogP contribution in [0, 0.1) is 10.1 Å². The highest BCUT2D eigenvalue weighted by Gasteiger charge is 2.39. The van der Waals surface area contributed by atoms with Crippen LogP contribution in [0.15, 0.2) is 59.6 Å². The van der Waals surface area contributed by atoms with Gasteiger partial charge in [-0.1, -0.05) is 18.2 Å². The van der Waals surface area contributed by atoms with Gasteiger partial charge in [0, 0.05) is 17.7 Å². The lowest BCUT2D eigenvalue weighted by Crippen LogP contribution is -2.26. The first-order valence-corrected chi connectivity index (χ1v) is 7.81. The van der Waals surface area contributed by atoms with Crippen LogP contribution in [-0.2, 0) is 14.3 Å². The summed E-state index contributed by atoms with van der Waals surface area (Å²) in [6.07, 6.45) is -0.685. The van der Waals surface area contributed by atoms with Crippen molar-refractivity contribution < 1.29 is 19.2 Å². The summed E-state index contributed by atoms with van der Waals surface area (Å²) >= 11 is 0. The smallest absolute Gasteiger partial charge is 0.335 e.